The lowest BCUT2D eigenvalue weighted by atomic mass is 9.95. The quantitative estimate of drug-likeness (QED) is 0.0906. The summed E-state index contributed by atoms with van der Waals surface area (Å²) in [6.45, 7) is 7.33. The zero-order valence-electron chi connectivity index (χ0n) is 29.7. The molecule has 278 valence electrons. The van der Waals surface area contributed by atoms with E-state index in [-0.39, 0.29) is 12.8 Å². The molecule has 2 aromatic carbocycles. The van der Waals surface area contributed by atoms with E-state index in [1.54, 1.807) is 69.3 Å². The van der Waals surface area contributed by atoms with Gasteiger partial charge in [-0.25, -0.2) is 0 Å². The zero-order chi connectivity index (χ0) is 38.1. The summed E-state index contributed by atoms with van der Waals surface area (Å²) < 4.78 is 0. The number of carboxylic acids is 1. The van der Waals surface area contributed by atoms with Gasteiger partial charge in [0.2, 0.25) is 35.4 Å². The van der Waals surface area contributed by atoms with Crippen LogP contribution in [-0.2, 0) is 46.4 Å². The molecule has 2 aromatic rings. The van der Waals surface area contributed by atoms with E-state index in [4.69, 9.17) is 10.8 Å². The Balaban J connectivity index is 2.31. The molecule has 0 aromatic heterocycles. The van der Waals surface area contributed by atoms with Gasteiger partial charge in [0.05, 0.1) is 12.6 Å². The summed E-state index contributed by atoms with van der Waals surface area (Å²) in [7, 11) is 0. The first-order valence-corrected chi connectivity index (χ1v) is 16.9. The minimum atomic E-state index is -1.24. The first kappa shape index (κ1) is 41.9. The van der Waals surface area contributed by atoms with Crippen LogP contribution in [0.5, 0.6) is 0 Å². The molecule has 2 rings (SSSR count). The van der Waals surface area contributed by atoms with Crippen molar-refractivity contribution in [1.82, 2.24) is 31.9 Å². The van der Waals surface area contributed by atoms with Gasteiger partial charge in [0.1, 0.15) is 30.7 Å². The third-order valence-corrected chi connectivity index (χ3v) is 8.14. The Kier molecular flexibility index (Phi) is 17.3. The Labute approximate surface area is 298 Å². The third-order valence-electron chi connectivity index (χ3n) is 8.14. The average molecular weight is 710 g/mol. The minimum absolute atomic E-state index is 0.0630. The fraction of sp³-hybridized carbons (Fsp3) is 0.472. The van der Waals surface area contributed by atoms with Gasteiger partial charge in [-0.15, -0.1) is 0 Å². The molecule has 6 atom stereocenters. The smallest absolute Gasteiger partial charge is 0.322 e. The zero-order valence-corrected chi connectivity index (χ0v) is 29.7. The van der Waals surface area contributed by atoms with Crippen molar-refractivity contribution < 1.29 is 38.7 Å². The van der Waals surface area contributed by atoms with Crippen LogP contribution in [0.1, 0.15) is 52.2 Å². The monoisotopic (exact) mass is 709 g/mol. The van der Waals surface area contributed by atoms with Gasteiger partial charge in [0, 0.05) is 12.8 Å². The lowest BCUT2D eigenvalue weighted by Gasteiger charge is -2.30. The minimum Gasteiger partial charge on any atom is -0.480 e. The number of carboxylic acid groups (broad SMARTS) is 1. The highest BCUT2D eigenvalue weighted by Crippen LogP contribution is 2.13. The van der Waals surface area contributed by atoms with Crippen LogP contribution >= 0.6 is 0 Å². The summed E-state index contributed by atoms with van der Waals surface area (Å²) in [5.74, 6) is -5.97. The van der Waals surface area contributed by atoms with Crippen LogP contribution in [0, 0.1) is 11.8 Å². The van der Waals surface area contributed by atoms with E-state index in [2.05, 4.69) is 31.9 Å². The Hall–Kier alpha value is -5.31. The molecule has 0 aliphatic rings. The number of carbonyl (C=O) groups is 7. The molecule has 0 bridgehead atoms. The number of aliphatic carboxylic acids is 1. The molecule has 0 heterocycles. The summed E-state index contributed by atoms with van der Waals surface area (Å²) in [6, 6.07) is 12.7. The molecule has 6 amide bonds. The van der Waals surface area contributed by atoms with Crippen LogP contribution < -0.4 is 37.6 Å². The molecule has 0 aliphatic heterocycles. The second kappa shape index (κ2) is 21.0. The summed E-state index contributed by atoms with van der Waals surface area (Å²) in [5.41, 5.74) is 7.27. The first-order valence-electron chi connectivity index (χ1n) is 16.9. The molecular weight excluding hydrogens is 658 g/mol. The van der Waals surface area contributed by atoms with Gasteiger partial charge in [0.25, 0.3) is 0 Å². The Morgan fingerprint density at radius 1 is 0.608 bits per heavy atom. The molecule has 0 radical (unpaired) electrons. The molecule has 0 fully saturated rings. The van der Waals surface area contributed by atoms with Crippen molar-refractivity contribution in [2.24, 2.45) is 17.6 Å². The van der Waals surface area contributed by atoms with Crippen molar-refractivity contribution in [2.75, 3.05) is 13.1 Å². The maximum Gasteiger partial charge on any atom is 0.322 e. The predicted octanol–water partition coefficient (Wildman–Crippen LogP) is -0.223. The van der Waals surface area contributed by atoms with Crippen molar-refractivity contribution in [3.63, 3.8) is 0 Å². The molecule has 9 N–H and O–H groups in total. The summed E-state index contributed by atoms with van der Waals surface area (Å²) in [6.07, 6.45) is 0.662. The van der Waals surface area contributed by atoms with Crippen molar-refractivity contribution in [2.45, 2.75) is 84.1 Å². The number of hydrogen-bond acceptors (Lipinski definition) is 8. The first-order chi connectivity index (χ1) is 24.1. The van der Waals surface area contributed by atoms with E-state index in [0.717, 1.165) is 11.1 Å². The van der Waals surface area contributed by atoms with Crippen LogP contribution in [0.15, 0.2) is 60.7 Å². The van der Waals surface area contributed by atoms with E-state index >= 15 is 0 Å². The van der Waals surface area contributed by atoms with E-state index < -0.39 is 96.5 Å². The van der Waals surface area contributed by atoms with Crippen molar-refractivity contribution in [3.8, 4) is 0 Å². The molecule has 0 saturated carbocycles. The van der Waals surface area contributed by atoms with E-state index in [1.807, 2.05) is 19.1 Å². The highest BCUT2D eigenvalue weighted by molar-refractivity contribution is 5.96. The number of benzene rings is 2. The van der Waals surface area contributed by atoms with Crippen molar-refractivity contribution in [1.29, 1.82) is 0 Å². The molecule has 0 unspecified atom stereocenters. The Morgan fingerprint density at radius 2 is 1.08 bits per heavy atom. The number of nitrogens with two attached hydrogens (primary N) is 1. The predicted molar refractivity (Wildman–Crippen MR) is 190 cm³/mol. The highest BCUT2D eigenvalue weighted by atomic mass is 16.4. The van der Waals surface area contributed by atoms with Crippen molar-refractivity contribution in [3.05, 3.63) is 71.8 Å². The van der Waals surface area contributed by atoms with Crippen LogP contribution in [0.3, 0.4) is 0 Å². The van der Waals surface area contributed by atoms with Gasteiger partial charge < -0.3 is 42.7 Å². The summed E-state index contributed by atoms with van der Waals surface area (Å²) >= 11 is 0. The van der Waals surface area contributed by atoms with E-state index in [1.165, 1.54) is 6.92 Å². The highest BCUT2D eigenvalue weighted by Gasteiger charge is 2.34. The van der Waals surface area contributed by atoms with Gasteiger partial charge in [-0.05, 0) is 29.9 Å². The van der Waals surface area contributed by atoms with Gasteiger partial charge in [-0.1, -0.05) is 94.8 Å². The molecule has 51 heavy (non-hydrogen) atoms. The number of rotatable bonds is 20. The molecular formula is C36H51N7O8. The lowest BCUT2D eigenvalue weighted by molar-refractivity contribution is -0.138. The third kappa shape index (κ3) is 14.6. The van der Waals surface area contributed by atoms with Crippen molar-refractivity contribution >= 4 is 41.4 Å². The van der Waals surface area contributed by atoms with Crippen LogP contribution in [0.4, 0.5) is 0 Å². The second-order valence-corrected chi connectivity index (χ2v) is 12.8. The summed E-state index contributed by atoms with van der Waals surface area (Å²) in [5, 5.41) is 24.2. The van der Waals surface area contributed by atoms with Gasteiger partial charge in [0.15, 0.2) is 0 Å². The molecule has 15 heteroatoms. The standard InChI is InChI=1S/C36H51N7O8/c1-6-22(4)31(36(51)42-30(21(2)3)35(50)39-19-28(44)38-20-29(45)46)43-34(49)27(18-25-15-11-8-12-16-25)41-33(48)26(40-32(47)23(5)37)17-24-13-9-7-10-14-24/h7-16,21-23,26-27,30-31H,6,17-20,37H2,1-5H3,(H,38,44)(H,39,50)(H,40,47)(H,41,48)(H,42,51)(H,43,49)(H,45,46)/t22-,23-,26-,27-,30-,31-/m0/s1. The molecule has 15 nitrogen and oxygen atoms in total. The topological polar surface area (TPSA) is 238 Å². The fourth-order valence-corrected chi connectivity index (χ4v) is 4.94. The van der Waals surface area contributed by atoms with Gasteiger partial charge >= 0.3 is 5.97 Å². The molecule has 0 spiro atoms. The Bertz CT molecular complexity index is 1490. The molecule has 0 saturated heterocycles. The second-order valence-electron chi connectivity index (χ2n) is 12.8. The van der Waals surface area contributed by atoms with E-state index in [0.29, 0.717) is 6.42 Å². The number of amides is 6. The number of nitrogens with one attached hydrogen (secondary N) is 6. The maximum absolute atomic E-state index is 14.0. The SMILES string of the molecule is CC[C@H](C)[C@H](NC(=O)[C@H](Cc1ccccc1)NC(=O)[C@H](Cc1ccccc1)NC(=O)[C@H](C)N)C(=O)N[C@H](C(=O)NCC(=O)NCC(=O)O)C(C)C. The largest absolute Gasteiger partial charge is 0.480 e. The van der Waals surface area contributed by atoms with E-state index in [9.17, 15) is 33.6 Å². The lowest BCUT2D eigenvalue weighted by Crippen LogP contribution is -2.61. The Morgan fingerprint density at radius 3 is 1.53 bits per heavy atom. The molecule has 0 aliphatic carbocycles. The average Bonchev–Trinajstić information content (AvgIpc) is 3.10. The fourth-order valence-electron chi connectivity index (χ4n) is 4.94. The van der Waals surface area contributed by atoms with Crippen LogP contribution in [-0.4, -0.2) is 89.8 Å². The van der Waals surface area contributed by atoms with Gasteiger partial charge in [-0.3, -0.25) is 33.6 Å². The maximum atomic E-state index is 14.0. The van der Waals surface area contributed by atoms with Crippen LogP contribution in [0.2, 0.25) is 0 Å². The normalized spacial score (nSPS) is 14.4. The number of carbonyl (C=O) groups excluding carboxylic acids is 6. The summed E-state index contributed by atoms with van der Waals surface area (Å²) in [4.78, 5) is 89.7. The number of hydrogen-bond donors (Lipinski definition) is 8. The van der Waals surface area contributed by atoms with Gasteiger partial charge in [-0.2, -0.15) is 0 Å². The van der Waals surface area contributed by atoms with Crippen LogP contribution in [0.25, 0.3) is 0 Å².